The van der Waals surface area contributed by atoms with Crippen LogP contribution >= 0.6 is 36.7 Å². The van der Waals surface area contributed by atoms with Gasteiger partial charge in [-0.1, -0.05) is 13.0 Å². The van der Waals surface area contributed by atoms with E-state index in [1.54, 1.807) is 0 Å². The van der Waals surface area contributed by atoms with Crippen molar-refractivity contribution in [2.24, 2.45) is 0 Å². The number of hydrogen-bond donors (Lipinski definition) is 0. The Kier molecular flexibility index (Phi) is 30.9. The Morgan fingerprint density at radius 1 is 0.520 bits per heavy atom. The van der Waals surface area contributed by atoms with Crippen molar-refractivity contribution < 1.29 is 20.4 Å². The van der Waals surface area contributed by atoms with Crippen LogP contribution in [-0.4, -0.2) is 66.9 Å². The van der Waals surface area contributed by atoms with Crippen LogP contribution in [0.1, 0.15) is 41.5 Å². The minimum atomic E-state index is 0. The van der Waals surface area contributed by atoms with Gasteiger partial charge in [0.2, 0.25) is 0 Å². The van der Waals surface area contributed by atoms with Crippen LogP contribution < -0.4 is 0 Å². The maximum Gasteiger partial charge on any atom is 0.0133 e. The van der Waals surface area contributed by atoms with Crippen LogP contribution in [0.2, 0.25) is 0 Å². The van der Waals surface area contributed by atoms with Gasteiger partial charge in [0.15, 0.2) is 0 Å². The van der Waals surface area contributed by atoms with E-state index < -0.39 is 0 Å². The first kappa shape index (κ1) is 33.6. The van der Waals surface area contributed by atoms with E-state index >= 15 is 0 Å². The van der Waals surface area contributed by atoms with Crippen molar-refractivity contribution in [3.63, 3.8) is 0 Å². The zero-order valence-electron chi connectivity index (χ0n) is 15.9. The average Bonchev–Trinajstić information content (AvgIpc) is 2.51. The van der Waals surface area contributed by atoms with Gasteiger partial charge < -0.3 is 89.2 Å². The van der Waals surface area contributed by atoms with Crippen LogP contribution in [0.4, 0.5) is 0 Å². The molecule has 0 amide bonds. The summed E-state index contributed by atoms with van der Waals surface area (Å²) >= 11 is 28.5. The molecule has 0 saturated carbocycles. The molecule has 0 aromatic heterocycles. The monoisotopic (exact) mass is 631 g/mol. The van der Waals surface area contributed by atoms with E-state index in [0.717, 1.165) is 39.3 Å². The van der Waals surface area contributed by atoms with Crippen LogP contribution in [0.25, 0.3) is 0 Å². The molecule has 0 aromatic rings. The molecule has 0 aliphatic rings. The molecular weight excluding hydrogens is 601 g/mol. The largest absolute Gasteiger partial charge is 0.411 e. The molecule has 0 aliphatic heterocycles. The number of nitrogens with zero attached hydrogens (tertiary/aromatic N) is 3. The third-order valence-electron chi connectivity index (χ3n) is 3.06. The molecule has 0 atom stereocenters. The fourth-order valence-corrected chi connectivity index (χ4v) is 2.99. The van der Waals surface area contributed by atoms with Crippen LogP contribution in [0, 0.1) is 0 Å². The van der Waals surface area contributed by atoms with E-state index in [-0.39, 0.29) is 20.4 Å². The van der Waals surface area contributed by atoms with Crippen molar-refractivity contribution in [2.75, 3.05) is 39.3 Å². The summed E-state index contributed by atoms with van der Waals surface area (Å²) < 4.78 is 1.74. The zero-order chi connectivity index (χ0) is 19.7. The Hall–Kier alpha value is 0.992. The summed E-state index contributed by atoms with van der Waals surface area (Å²) in [7, 11) is 0. The van der Waals surface area contributed by atoms with Gasteiger partial charge in [-0.2, -0.15) is 0 Å². The van der Waals surface area contributed by atoms with Gasteiger partial charge in [-0.3, -0.25) is 0 Å². The normalized spacial score (nSPS) is 8.40. The van der Waals surface area contributed by atoms with Gasteiger partial charge in [0.1, 0.15) is 0 Å². The topological polar surface area (TPSA) is 9.72 Å². The number of thiocarbonyl (C=S) groups is 3. The van der Waals surface area contributed by atoms with Crippen LogP contribution in [0.3, 0.4) is 0 Å². The first-order chi connectivity index (χ1) is 11.2. The number of hydrogen-bond acceptors (Lipinski definition) is 6. The first-order valence-corrected chi connectivity index (χ1v) is 10.5. The Morgan fingerprint density at radius 2 is 0.640 bits per heavy atom. The standard InChI is InChI=1S/3C5H11NS2.Re/c3*1-3-6(4-2)5(7)8;/h3*3-4H2,1-2H3,(H,7,8);/p-3. The predicted octanol–water partition coefficient (Wildman–Crippen LogP) is 3.48. The Morgan fingerprint density at radius 3 is 0.640 bits per heavy atom. The molecule has 25 heavy (non-hydrogen) atoms. The van der Waals surface area contributed by atoms with Crippen molar-refractivity contribution in [3.05, 3.63) is 0 Å². The minimum Gasteiger partial charge on any atom is -0.411 e. The second kappa shape index (κ2) is 23.0. The molecule has 1 radical (unpaired) electrons. The second-order valence-corrected chi connectivity index (χ2v) is 7.41. The predicted molar refractivity (Wildman–Crippen MR) is 129 cm³/mol. The first-order valence-electron chi connectivity index (χ1n) is 8.04. The van der Waals surface area contributed by atoms with Crippen LogP contribution in [0.5, 0.6) is 0 Å². The molecule has 0 heterocycles. The molecule has 151 valence electrons. The average molecular weight is 631 g/mol. The molecule has 0 rings (SSSR count). The molecule has 0 spiro atoms. The quantitative estimate of drug-likeness (QED) is 0.320. The SMILES string of the molecule is CCN(CC)C(=S)[S-].CCN(CC)C(=S)[S-].CCN(CC)C(=S)[S-].[Re]. The molecule has 0 aromatic carbocycles. The van der Waals surface area contributed by atoms with Crippen LogP contribution in [0.15, 0.2) is 0 Å². The van der Waals surface area contributed by atoms with E-state index in [2.05, 4.69) is 0 Å². The Bertz CT molecular complexity index is 294. The van der Waals surface area contributed by atoms with Crippen molar-refractivity contribution >= 4 is 87.5 Å². The van der Waals surface area contributed by atoms with E-state index in [1.807, 2.05) is 56.2 Å². The molecule has 0 bridgehead atoms. The molecule has 0 unspecified atom stereocenters. The molecule has 0 N–H and O–H groups in total. The van der Waals surface area contributed by atoms with E-state index in [0.29, 0.717) is 13.0 Å². The van der Waals surface area contributed by atoms with Gasteiger partial charge in [-0.05, 0) is 41.5 Å². The van der Waals surface area contributed by atoms with E-state index in [4.69, 9.17) is 74.5 Å². The van der Waals surface area contributed by atoms with E-state index in [9.17, 15) is 0 Å². The smallest absolute Gasteiger partial charge is 0.0133 e. The van der Waals surface area contributed by atoms with E-state index in [1.165, 1.54) is 0 Å². The minimum absolute atomic E-state index is 0. The summed E-state index contributed by atoms with van der Waals surface area (Å²) in [5.74, 6) is 0. The maximum absolute atomic E-state index is 4.76. The number of rotatable bonds is 6. The molecule has 0 aliphatic carbocycles. The summed E-state index contributed by atoms with van der Waals surface area (Å²) in [5.41, 5.74) is 0. The fourth-order valence-electron chi connectivity index (χ4n) is 1.45. The third-order valence-corrected chi connectivity index (χ3v) is 4.61. The van der Waals surface area contributed by atoms with Gasteiger partial charge in [-0.25, -0.2) is 0 Å². The Labute approximate surface area is 201 Å². The molecule has 10 heteroatoms. The maximum atomic E-state index is 4.76. The van der Waals surface area contributed by atoms with Gasteiger partial charge >= 0.3 is 0 Å². The molecule has 0 saturated heterocycles. The van der Waals surface area contributed by atoms with Gasteiger partial charge in [0.25, 0.3) is 0 Å². The van der Waals surface area contributed by atoms with Crippen molar-refractivity contribution in [1.29, 1.82) is 0 Å². The van der Waals surface area contributed by atoms with Gasteiger partial charge in [0.05, 0.1) is 0 Å². The summed E-state index contributed by atoms with van der Waals surface area (Å²) in [4.78, 5) is 5.89. The summed E-state index contributed by atoms with van der Waals surface area (Å²) in [6.45, 7) is 17.8. The zero-order valence-corrected chi connectivity index (χ0v) is 23.5. The summed E-state index contributed by atoms with van der Waals surface area (Å²) in [6, 6.07) is 0. The van der Waals surface area contributed by atoms with Crippen LogP contribution in [-0.2, 0) is 58.3 Å². The molecule has 3 nitrogen and oxygen atoms in total. The summed E-state index contributed by atoms with van der Waals surface area (Å²) in [6.07, 6.45) is 0. The van der Waals surface area contributed by atoms with Crippen molar-refractivity contribution in [1.82, 2.24) is 14.7 Å². The van der Waals surface area contributed by atoms with Crippen molar-refractivity contribution in [3.8, 4) is 0 Å². The Balaban J connectivity index is -0.000000130. The van der Waals surface area contributed by atoms with Crippen molar-refractivity contribution in [2.45, 2.75) is 41.5 Å². The van der Waals surface area contributed by atoms with Gasteiger partial charge in [-0.15, -0.1) is 0 Å². The molecule has 0 fully saturated rings. The summed E-state index contributed by atoms with van der Waals surface area (Å²) in [5, 5.41) is 0. The second-order valence-electron chi connectivity index (χ2n) is 4.31. The fraction of sp³-hybridized carbons (Fsp3) is 0.800. The third kappa shape index (κ3) is 21.2. The molecular formula is C15H30N3ReS6-3. The van der Waals surface area contributed by atoms with Gasteiger partial charge in [0, 0.05) is 59.7 Å².